The third-order valence-electron chi connectivity index (χ3n) is 2.04. The van der Waals surface area contributed by atoms with Gasteiger partial charge in [-0.3, -0.25) is 4.98 Å². The zero-order valence-corrected chi connectivity index (χ0v) is 8.75. The van der Waals surface area contributed by atoms with E-state index >= 15 is 0 Å². The van der Waals surface area contributed by atoms with Crippen LogP contribution in [0.15, 0.2) is 30.9 Å². The minimum atomic E-state index is 0.362. The highest BCUT2D eigenvalue weighted by atomic mass is 14.9. The fraction of sp³-hybridized carbons (Fsp3) is 0.273. The lowest BCUT2D eigenvalue weighted by Gasteiger charge is -2.04. The summed E-state index contributed by atoms with van der Waals surface area (Å²) in [7, 11) is 0. The molecule has 15 heavy (non-hydrogen) atoms. The first-order valence-corrected chi connectivity index (χ1v) is 4.86. The second-order valence-corrected chi connectivity index (χ2v) is 3.56. The molecular formula is C11H12N4. The SMILES string of the molecule is CC(C)c1cncc(-c2ncccn2)n1. The molecule has 0 atom stereocenters. The molecule has 2 aromatic rings. The van der Waals surface area contributed by atoms with Crippen LogP contribution in [0.25, 0.3) is 11.5 Å². The van der Waals surface area contributed by atoms with Gasteiger partial charge in [0.15, 0.2) is 5.82 Å². The molecule has 4 nitrogen and oxygen atoms in total. The Morgan fingerprint density at radius 1 is 1.07 bits per heavy atom. The molecule has 0 N–H and O–H groups in total. The summed E-state index contributed by atoms with van der Waals surface area (Å²) in [4.78, 5) is 16.9. The van der Waals surface area contributed by atoms with Gasteiger partial charge in [0.25, 0.3) is 0 Å². The Hall–Kier alpha value is -1.84. The van der Waals surface area contributed by atoms with E-state index in [9.17, 15) is 0 Å². The third kappa shape index (κ3) is 2.15. The van der Waals surface area contributed by atoms with Crippen LogP contribution in [0.3, 0.4) is 0 Å². The highest BCUT2D eigenvalue weighted by molar-refractivity contribution is 5.46. The van der Waals surface area contributed by atoms with Crippen molar-refractivity contribution >= 4 is 0 Å². The van der Waals surface area contributed by atoms with E-state index < -0.39 is 0 Å². The molecule has 0 aliphatic rings. The van der Waals surface area contributed by atoms with Crippen molar-refractivity contribution in [1.82, 2.24) is 19.9 Å². The van der Waals surface area contributed by atoms with E-state index in [2.05, 4.69) is 33.8 Å². The maximum absolute atomic E-state index is 4.46. The summed E-state index contributed by atoms with van der Waals surface area (Å²) in [5.74, 6) is 0.980. The van der Waals surface area contributed by atoms with Gasteiger partial charge in [-0.1, -0.05) is 13.8 Å². The van der Waals surface area contributed by atoms with Crippen LogP contribution in [0, 0.1) is 0 Å². The van der Waals surface area contributed by atoms with Crippen molar-refractivity contribution in [3.05, 3.63) is 36.5 Å². The Morgan fingerprint density at radius 3 is 2.47 bits per heavy atom. The molecule has 0 aliphatic heterocycles. The monoisotopic (exact) mass is 200 g/mol. The molecule has 0 bridgehead atoms. The molecule has 2 heterocycles. The molecule has 0 amide bonds. The first-order chi connectivity index (χ1) is 7.27. The number of aromatic nitrogens is 4. The molecule has 0 radical (unpaired) electrons. The summed E-state index contributed by atoms with van der Waals surface area (Å²) >= 11 is 0. The maximum atomic E-state index is 4.46. The highest BCUT2D eigenvalue weighted by Gasteiger charge is 2.06. The van der Waals surface area contributed by atoms with Crippen molar-refractivity contribution in [2.75, 3.05) is 0 Å². The minimum Gasteiger partial charge on any atom is -0.260 e. The van der Waals surface area contributed by atoms with Crippen LogP contribution in [0.2, 0.25) is 0 Å². The van der Waals surface area contributed by atoms with Crippen LogP contribution in [0.4, 0.5) is 0 Å². The van der Waals surface area contributed by atoms with Gasteiger partial charge in [-0.2, -0.15) is 0 Å². The summed E-state index contributed by atoms with van der Waals surface area (Å²) in [6.45, 7) is 4.17. The maximum Gasteiger partial charge on any atom is 0.179 e. The fourth-order valence-electron chi connectivity index (χ4n) is 1.20. The predicted molar refractivity (Wildman–Crippen MR) is 57.1 cm³/mol. The average molecular weight is 200 g/mol. The Balaban J connectivity index is 2.42. The van der Waals surface area contributed by atoms with E-state index in [0.717, 1.165) is 11.4 Å². The lowest BCUT2D eigenvalue weighted by atomic mass is 10.1. The van der Waals surface area contributed by atoms with E-state index in [1.807, 2.05) is 0 Å². The third-order valence-corrected chi connectivity index (χ3v) is 2.04. The summed E-state index contributed by atoms with van der Waals surface area (Å²) in [6, 6.07) is 1.78. The van der Waals surface area contributed by atoms with E-state index in [4.69, 9.17) is 0 Å². The lowest BCUT2D eigenvalue weighted by Crippen LogP contribution is -1.98. The lowest BCUT2D eigenvalue weighted by molar-refractivity contribution is 0.812. The highest BCUT2D eigenvalue weighted by Crippen LogP contribution is 2.14. The zero-order valence-electron chi connectivity index (χ0n) is 8.75. The number of hydrogen-bond donors (Lipinski definition) is 0. The Labute approximate surface area is 88.5 Å². The fourth-order valence-corrected chi connectivity index (χ4v) is 1.20. The quantitative estimate of drug-likeness (QED) is 0.744. The standard InChI is InChI=1S/C11H12N4/c1-8(2)9-6-12-7-10(15-9)11-13-4-3-5-14-11/h3-8H,1-2H3. The molecule has 0 saturated heterocycles. The number of rotatable bonds is 2. The van der Waals surface area contributed by atoms with Crippen LogP contribution in [-0.2, 0) is 0 Å². The molecule has 0 saturated carbocycles. The molecule has 2 rings (SSSR count). The van der Waals surface area contributed by atoms with Crippen molar-refractivity contribution < 1.29 is 0 Å². The summed E-state index contributed by atoms with van der Waals surface area (Å²) in [6.07, 6.45) is 6.86. The second kappa shape index (κ2) is 4.13. The van der Waals surface area contributed by atoms with E-state index in [-0.39, 0.29) is 0 Å². The molecule has 4 heteroatoms. The normalized spacial score (nSPS) is 10.6. The molecule has 0 spiro atoms. The van der Waals surface area contributed by atoms with Crippen molar-refractivity contribution in [3.8, 4) is 11.5 Å². The number of hydrogen-bond acceptors (Lipinski definition) is 4. The Bertz CT molecular complexity index is 439. The van der Waals surface area contributed by atoms with Crippen LogP contribution < -0.4 is 0 Å². The first-order valence-electron chi connectivity index (χ1n) is 4.86. The molecule has 0 aliphatic carbocycles. The predicted octanol–water partition coefficient (Wildman–Crippen LogP) is 2.06. The molecule has 0 aromatic carbocycles. The number of nitrogens with zero attached hydrogens (tertiary/aromatic N) is 4. The van der Waals surface area contributed by atoms with Crippen LogP contribution in [0.5, 0.6) is 0 Å². The molecule has 0 fully saturated rings. The van der Waals surface area contributed by atoms with E-state index in [1.54, 1.807) is 30.9 Å². The van der Waals surface area contributed by atoms with E-state index in [1.165, 1.54) is 0 Å². The summed E-state index contributed by atoms with van der Waals surface area (Å²) in [5, 5.41) is 0. The van der Waals surface area contributed by atoms with Crippen LogP contribution in [-0.4, -0.2) is 19.9 Å². The average Bonchev–Trinajstić information content (AvgIpc) is 2.30. The second-order valence-electron chi connectivity index (χ2n) is 3.56. The van der Waals surface area contributed by atoms with Gasteiger partial charge in [0.05, 0.1) is 11.9 Å². The van der Waals surface area contributed by atoms with Crippen molar-refractivity contribution in [2.45, 2.75) is 19.8 Å². The van der Waals surface area contributed by atoms with Crippen molar-refractivity contribution in [2.24, 2.45) is 0 Å². The summed E-state index contributed by atoms with van der Waals surface area (Å²) < 4.78 is 0. The van der Waals surface area contributed by atoms with Gasteiger partial charge >= 0.3 is 0 Å². The van der Waals surface area contributed by atoms with Gasteiger partial charge in [0.1, 0.15) is 5.69 Å². The smallest absolute Gasteiger partial charge is 0.179 e. The van der Waals surface area contributed by atoms with Crippen LogP contribution in [0.1, 0.15) is 25.5 Å². The van der Waals surface area contributed by atoms with Crippen molar-refractivity contribution in [3.63, 3.8) is 0 Å². The molecular weight excluding hydrogens is 188 g/mol. The van der Waals surface area contributed by atoms with E-state index in [0.29, 0.717) is 11.7 Å². The summed E-state index contributed by atoms with van der Waals surface area (Å²) in [5.41, 5.74) is 1.68. The molecule has 76 valence electrons. The van der Waals surface area contributed by atoms with Gasteiger partial charge in [0, 0.05) is 18.6 Å². The largest absolute Gasteiger partial charge is 0.260 e. The van der Waals surface area contributed by atoms with Gasteiger partial charge in [-0.25, -0.2) is 15.0 Å². The minimum absolute atomic E-state index is 0.362. The molecule has 0 unspecified atom stereocenters. The van der Waals surface area contributed by atoms with Gasteiger partial charge < -0.3 is 0 Å². The molecule has 2 aromatic heterocycles. The first kappa shape index (κ1) is 9.71. The van der Waals surface area contributed by atoms with Gasteiger partial charge in [0.2, 0.25) is 0 Å². The zero-order chi connectivity index (χ0) is 10.7. The Kier molecular flexibility index (Phi) is 2.67. The van der Waals surface area contributed by atoms with Gasteiger partial charge in [-0.15, -0.1) is 0 Å². The topological polar surface area (TPSA) is 51.6 Å². The Morgan fingerprint density at radius 2 is 1.80 bits per heavy atom. The van der Waals surface area contributed by atoms with Gasteiger partial charge in [-0.05, 0) is 12.0 Å². The van der Waals surface area contributed by atoms with Crippen LogP contribution >= 0.6 is 0 Å². The van der Waals surface area contributed by atoms with Crippen molar-refractivity contribution in [1.29, 1.82) is 0 Å².